The summed E-state index contributed by atoms with van der Waals surface area (Å²) < 4.78 is 3.39. The first kappa shape index (κ1) is 13.8. The molecule has 20 heavy (non-hydrogen) atoms. The zero-order chi connectivity index (χ0) is 13.9. The average Bonchev–Trinajstić information content (AvgIpc) is 2.87. The van der Waals surface area contributed by atoms with Gasteiger partial charge in [0.1, 0.15) is 0 Å². The molecule has 1 aromatic carbocycles. The van der Waals surface area contributed by atoms with E-state index in [-0.39, 0.29) is 0 Å². The monoisotopic (exact) mass is 333 g/mol. The molecule has 4 heteroatoms. The summed E-state index contributed by atoms with van der Waals surface area (Å²) in [6.45, 7) is 3.14. The van der Waals surface area contributed by atoms with E-state index in [4.69, 9.17) is 0 Å². The average molecular weight is 334 g/mol. The molecule has 1 aromatic heterocycles. The molecule has 1 aliphatic rings. The van der Waals surface area contributed by atoms with Gasteiger partial charge in [0, 0.05) is 29.3 Å². The molecule has 106 valence electrons. The van der Waals surface area contributed by atoms with Gasteiger partial charge in [-0.1, -0.05) is 28.1 Å². The summed E-state index contributed by atoms with van der Waals surface area (Å²) in [4.78, 5) is 4.35. The van der Waals surface area contributed by atoms with Gasteiger partial charge in [-0.25, -0.2) is 4.98 Å². The van der Waals surface area contributed by atoms with Crippen molar-refractivity contribution in [1.82, 2.24) is 14.9 Å². The fourth-order valence-corrected chi connectivity index (χ4v) is 3.40. The number of nitrogens with zero attached hydrogens (tertiary/aromatic N) is 2. The standard InChI is InChI=1S/C16H20BrN3/c1-12-4-2-7-15(19-12)16-9-18-11-20(16)10-13-5-3-6-14(17)8-13/h3,5-6,8-9,11-12,15,19H,2,4,7,10H2,1H3. The fourth-order valence-electron chi connectivity index (χ4n) is 2.96. The molecule has 0 radical (unpaired) electrons. The lowest BCUT2D eigenvalue weighted by molar-refractivity contribution is 0.330. The Morgan fingerprint density at radius 3 is 3.10 bits per heavy atom. The first-order valence-electron chi connectivity index (χ1n) is 7.23. The van der Waals surface area contributed by atoms with Crippen LogP contribution in [-0.4, -0.2) is 15.6 Å². The molecule has 1 saturated heterocycles. The minimum Gasteiger partial charge on any atom is -0.329 e. The topological polar surface area (TPSA) is 29.9 Å². The Morgan fingerprint density at radius 1 is 1.40 bits per heavy atom. The van der Waals surface area contributed by atoms with Gasteiger partial charge in [0.05, 0.1) is 12.0 Å². The van der Waals surface area contributed by atoms with E-state index in [0.717, 1.165) is 11.0 Å². The van der Waals surface area contributed by atoms with Gasteiger partial charge in [0.25, 0.3) is 0 Å². The largest absolute Gasteiger partial charge is 0.329 e. The zero-order valence-corrected chi connectivity index (χ0v) is 13.3. The number of hydrogen-bond acceptors (Lipinski definition) is 2. The number of hydrogen-bond donors (Lipinski definition) is 1. The van der Waals surface area contributed by atoms with Crippen molar-refractivity contribution in [2.24, 2.45) is 0 Å². The maximum atomic E-state index is 4.35. The van der Waals surface area contributed by atoms with E-state index in [9.17, 15) is 0 Å². The number of benzene rings is 1. The Hall–Kier alpha value is -1.13. The van der Waals surface area contributed by atoms with Crippen LogP contribution in [0.4, 0.5) is 0 Å². The fraction of sp³-hybridized carbons (Fsp3) is 0.438. The molecule has 0 aliphatic carbocycles. The van der Waals surface area contributed by atoms with Crippen molar-refractivity contribution in [2.75, 3.05) is 0 Å². The molecule has 0 amide bonds. The lowest BCUT2D eigenvalue weighted by Crippen LogP contribution is -2.35. The summed E-state index contributed by atoms with van der Waals surface area (Å²) >= 11 is 3.53. The summed E-state index contributed by atoms with van der Waals surface area (Å²) in [5, 5.41) is 3.69. The molecule has 2 aromatic rings. The Morgan fingerprint density at radius 2 is 2.30 bits per heavy atom. The van der Waals surface area contributed by atoms with Crippen LogP contribution < -0.4 is 5.32 Å². The van der Waals surface area contributed by atoms with Crippen molar-refractivity contribution in [3.8, 4) is 0 Å². The summed E-state index contributed by atoms with van der Waals surface area (Å²) in [6.07, 6.45) is 7.72. The summed E-state index contributed by atoms with van der Waals surface area (Å²) in [6, 6.07) is 9.50. The molecule has 0 spiro atoms. The van der Waals surface area contributed by atoms with Gasteiger partial charge < -0.3 is 9.88 Å². The second kappa shape index (κ2) is 6.10. The van der Waals surface area contributed by atoms with Crippen molar-refractivity contribution in [2.45, 2.75) is 44.8 Å². The van der Waals surface area contributed by atoms with Crippen LogP contribution in [0.2, 0.25) is 0 Å². The van der Waals surface area contributed by atoms with Gasteiger partial charge >= 0.3 is 0 Å². The number of nitrogens with one attached hydrogen (secondary N) is 1. The highest BCUT2D eigenvalue weighted by Gasteiger charge is 2.22. The maximum Gasteiger partial charge on any atom is 0.0951 e. The minimum absolute atomic E-state index is 0.438. The van der Waals surface area contributed by atoms with E-state index >= 15 is 0 Å². The van der Waals surface area contributed by atoms with E-state index in [1.54, 1.807) is 0 Å². The number of piperidine rings is 1. The predicted octanol–water partition coefficient (Wildman–Crippen LogP) is 3.90. The van der Waals surface area contributed by atoms with Gasteiger partial charge in [-0.15, -0.1) is 0 Å². The van der Waals surface area contributed by atoms with Gasteiger partial charge in [-0.3, -0.25) is 0 Å². The normalized spacial score (nSPS) is 22.9. The lowest BCUT2D eigenvalue weighted by Gasteiger charge is -2.29. The first-order valence-corrected chi connectivity index (χ1v) is 8.02. The molecule has 0 bridgehead atoms. The molecule has 2 heterocycles. The van der Waals surface area contributed by atoms with Crippen LogP contribution >= 0.6 is 15.9 Å². The van der Waals surface area contributed by atoms with Gasteiger partial charge in [0.15, 0.2) is 0 Å². The van der Waals surface area contributed by atoms with Crippen LogP contribution in [0.1, 0.15) is 43.5 Å². The number of aromatic nitrogens is 2. The third-order valence-corrected chi connectivity index (χ3v) is 4.45. The van der Waals surface area contributed by atoms with E-state index in [1.807, 2.05) is 12.5 Å². The van der Waals surface area contributed by atoms with Crippen molar-refractivity contribution in [3.05, 3.63) is 52.5 Å². The molecule has 1 aliphatic heterocycles. The third-order valence-electron chi connectivity index (χ3n) is 3.96. The van der Waals surface area contributed by atoms with Crippen molar-refractivity contribution < 1.29 is 0 Å². The molecule has 0 saturated carbocycles. The van der Waals surface area contributed by atoms with Crippen LogP contribution in [0, 0.1) is 0 Å². The second-order valence-electron chi connectivity index (χ2n) is 5.63. The Bertz CT molecular complexity index is 579. The first-order chi connectivity index (χ1) is 9.72. The smallest absolute Gasteiger partial charge is 0.0951 e. The van der Waals surface area contributed by atoms with Crippen LogP contribution in [0.3, 0.4) is 0 Å². The summed E-state index contributed by atoms with van der Waals surface area (Å²) in [7, 11) is 0. The van der Waals surface area contributed by atoms with Crippen LogP contribution in [-0.2, 0) is 6.54 Å². The van der Waals surface area contributed by atoms with E-state index < -0.39 is 0 Å². The lowest BCUT2D eigenvalue weighted by atomic mass is 9.97. The SMILES string of the molecule is CC1CCCC(c2cncn2Cc2cccc(Br)c2)N1. The highest BCUT2D eigenvalue weighted by Crippen LogP contribution is 2.26. The number of rotatable bonds is 3. The third kappa shape index (κ3) is 3.13. The van der Waals surface area contributed by atoms with E-state index in [2.05, 4.69) is 62.0 Å². The van der Waals surface area contributed by atoms with Gasteiger partial charge in [0.2, 0.25) is 0 Å². The van der Waals surface area contributed by atoms with Crippen molar-refractivity contribution in [3.63, 3.8) is 0 Å². The molecule has 2 unspecified atom stereocenters. The quantitative estimate of drug-likeness (QED) is 0.923. The number of imidazole rings is 1. The van der Waals surface area contributed by atoms with Crippen LogP contribution in [0.25, 0.3) is 0 Å². The Balaban J connectivity index is 1.79. The van der Waals surface area contributed by atoms with E-state index in [0.29, 0.717) is 12.1 Å². The van der Waals surface area contributed by atoms with E-state index in [1.165, 1.54) is 30.5 Å². The molecule has 1 N–H and O–H groups in total. The second-order valence-corrected chi connectivity index (χ2v) is 6.54. The van der Waals surface area contributed by atoms with Crippen molar-refractivity contribution in [1.29, 1.82) is 0 Å². The molecular formula is C16H20BrN3. The van der Waals surface area contributed by atoms with Crippen molar-refractivity contribution >= 4 is 15.9 Å². The van der Waals surface area contributed by atoms with Crippen LogP contribution in [0.15, 0.2) is 41.3 Å². The summed E-state index contributed by atoms with van der Waals surface area (Å²) in [5.41, 5.74) is 2.60. The number of halogens is 1. The Kier molecular flexibility index (Phi) is 4.22. The highest BCUT2D eigenvalue weighted by atomic mass is 79.9. The minimum atomic E-state index is 0.438. The highest BCUT2D eigenvalue weighted by molar-refractivity contribution is 9.10. The molecule has 1 fully saturated rings. The van der Waals surface area contributed by atoms with Gasteiger partial charge in [-0.2, -0.15) is 0 Å². The zero-order valence-electron chi connectivity index (χ0n) is 11.7. The Labute approximate surface area is 128 Å². The molecule has 2 atom stereocenters. The molecule has 3 rings (SSSR count). The van der Waals surface area contributed by atoms with Crippen LogP contribution in [0.5, 0.6) is 0 Å². The molecule has 3 nitrogen and oxygen atoms in total. The van der Waals surface area contributed by atoms with Gasteiger partial charge in [-0.05, 0) is 43.9 Å². The summed E-state index contributed by atoms with van der Waals surface area (Å²) in [5.74, 6) is 0. The predicted molar refractivity (Wildman–Crippen MR) is 84.7 cm³/mol. The maximum absolute atomic E-state index is 4.35. The molecular weight excluding hydrogens is 314 g/mol.